The Hall–Kier alpha value is -5.27. The van der Waals surface area contributed by atoms with Crippen LogP contribution in [0.4, 0.5) is 15.1 Å². The van der Waals surface area contributed by atoms with E-state index in [-0.39, 0.29) is 29.7 Å². The molecule has 1 aromatic heterocycles. The molecule has 10 nitrogen and oxygen atoms in total. The Balaban J connectivity index is 1.30. The number of fused-ring (bicyclic) bond motifs is 1. The van der Waals surface area contributed by atoms with Gasteiger partial charge in [0.2, 0.25) is 11.8 Å². The maximum atomic E-state index is 14.5. The fraction of sp³-hybridized carbons (Fsp3) is 0.216. The van der Waals surface area contributed by atoms with Crippen molar-refractivity contribution in [2.45, 2.75) is 43.9 Å². The lowest BCUT2D eigenvalue weighted by atomic mass is 10.0. The number of thioether (sulfide) groups is 1. The molecule has 3 aromatic carbocycles. The molecule has 0 spiro atoms. The summed E-state index contributed by atoms with van der Waals surface area (Å²) in [4.78, 5) is 67.9. The van der Waals surface area contributed by atoms with Crippen molar-refractivity contribution >= 4 is 69.5 Å². The molecule has 0 aliphatic carbocycles. The Morgan fingerprint density at radius 1 is 1.00 bits per heavy atom. The highest BCUT2D eigenvalue weighted by Gasteiger charge is 2.31. The van der Waals surface area contributed by atoms with Gasteiger partial charge < -0.3 is 25.6 Å². The number of hydrogen-bond donors (Lipinski definition) is 3. The van der Waals surface area contributed by atoms with Gasteiger partial charge in [0.15, 0.2) is 0 Å². The molecule has 1 atom stereocenters. The van der Waals surface area contributed by atoms with Gasteiger partial charge in [-0.25, -0.2) is 9.18 Å². The maximum Gasteiger partial charge on any atom is 0.341 e. The lowest BCUT2D eigenvalue weighted by Crippen LogP contribution is -2.34. The Kier molecular flexibility index (Phi) is 11.8. The Labute approximate surface area is 297 Å². The van der Waals surface area contributed by atoms with Gasteiger partial charge in [0.05, 0.1) is 24.0 Å². The van der Waals surface area contributed by atoms with Gasteiger partial charge in [0.25, 0.3) is 11.8 Å². The molecule has 1 aliphatic rings. The van der Waals surface area contributed by atoms with Crippen LogP contribution in [0.3, 0.4) is 0 Å². The Morgan fingerprint density at radius 2 is 1.74 bits per heavy atom. The first-order valence-electron chi connectivity index (χ1n) is 15.8. The average Bonchev–Trinajstić information content (AvgIpc) is 3.46. The molecule has 2 heterocycles. The van der Waals surface area contributed by atoms with Crippen LogP contribution in [0.5, 0.6) is 0 Å². The predicted molar refractivity (Wildman–Crippen MR) is 192 cm³/mol. The lowest BCUT2D eigenvalue weighted by Gasteiger charge is -2.25. The van der Waals surface area contributed by atoms with Crippen molar-refractivity contribution in [2.75, 3.05) is 23.8 Å². The van der Waals surface area contributed by atoms with Gasteiger partial charge in [-0.2, -0.15) is 0 Å². The van der Waals surface area contributed by atoms with E-state index in [1.54, 1.807) is 79.4 Å². The second kappa shape index (κ2) is 16.4. The summed E-state index contributed by atoms with van der Waals surface area (Å²) < 4.78 is 19.8. The highest BCUT2D eigenvalue weighted by atomic mass is 32.2. The number of carbonyl (C=O) groups is 5. The first-order valence-corrected chi connectivity index (χ1v) is 17.5. The van der Waals surface area contributed by atoms with Crippen LogP contribution < -0.4 is 16.0 Å². The van der Waals surface area contributed by atoms with E-state index in [0.717, 1.165) is 10.4 Å². The molecule has 1 aliphatic heterocycles. The summed E-state index contributed by atoms with van der Waals surface area (Å²) >= 11 is 2.50. The number of carbonyl (C=O) groups excluding carboxylic acids is 5. The Morgan fingerprint density at radius 3 is 2.46 bits per heavy atom. The van der Waals surface area contributed by atoms with Crippen molar-refractivity contribution in [2.24, 2.45) is 0 Å². The fourth-order valence-electron chi connectivity index (χ4n) is 5.19. The van der Waals surface area contributed by atoms with Crippen LogP contribution in [0, 0.1) is 5.82 Å². The molecule has 258 valence electrons. The third-order valence-electron chi connectivity index (χ3n) is 7.73. The third-order valence-corrected chi connectivity index (χ3v) is 9.95. The monoisotopic (exact) mass is 714 g/mol. The van der Waals surface area contributed by atoms with Crippen molar-refractivity contribution < 1.29 is 33.1 Å². The zero-order valence-corrected chi connectivity index (χ0v) is 29.2. The van der Waals surface area contributed by atoms with E-state index in [1.165, 1.54) is 54.3 Å². The smallest absolute Gasteiger partial charge is 0.341 e. The van der Waals surface area contributed by atoms with Gasteiger partial charge in [-0.3, -0.25) is 19.2 Å². The number of ether oxygens (including phenoxy) is 1. The van der Waals surface area contributed by atoms with Crippen LogP contribution in [0.25, 0.3) is 6.08 Å². The predicted octanol–water partition coefficient (Wildman–Crippen LogP) is 6.50. The molecule has 50 heavy (non-hydrogen) atoms. The standard InChI is InChI=1S/C37H35FN4O6S2/c1-4-48-37(47)32-28-17-18-42(23(3)43)21-31(28)50-36(32)41-33(44)22(2)49-27-15-10-14-26(20-27)39-35(46)30(19-25-13-8-9-16-29(25)38)40-34(45)24-11-6-5-7-12-24/h5-16,19-20,22H,4,17-18,21H2,1-3H3,(H,39,46)(H,40,45)(H,41,44)/b30-19-. The number of esters is 1. The number of nitrogens with zero attached hydrogens (tertiary/aromatic N) is 1. The molecular formula is C37H35FN4O6S2. The van der Waals surface area contributed by atoms with Crippen LogP contribution >= 0.6 is 23.1 Å². The van der Waals surface area contributed by atoms with Crippen molar-refractivity contribution in [1.29, 1.82) is 0 Å². The van der Waals surface area contributed by atoms with E-state index in [9.17, 15) is 28.4 Å². The minimum absolute atomic E-state index is 0.0648. The number of amides is 4. The highest BCUT2D eigenvalue weighted by Crippen LogP contribution is 2.38. The van der Waals surface area contributed by atoms with Gasteiger partial charge in [-0.15, -0.1) is 23.1 Å². The first kappa shape index (κ1) is 36.0. The number of anilines is 2. The molecule has 0 saturated heterocycles. The molecule has 13 heteroatoms. The fourth-order valence-corrected chi connectivity index (χ4v) is 7.37. The maximum absolute atomic E-state index is 14.5. The summed E-state index contributed by atoms with van der Waals surface area (Å²) in [5.41, 5.74) is 1.76. The Bertz CT molecular complexity index is 1960. The average molecular weight is 715 g/mol. The molecule has 5 rings (SSSR count). The van der Waals surface area contributed by atoms with Crippen LogP contribution in [0.15, 0.2) is 89.5 Å². The van der Waals surface area contributed by atoms with Crippen molar-refractivity contribution in [3.8, 4) is 0 Å². The summed E-state index contributed by atoms with van der Waals surface area (Å²) in [6, 6.07) is 21.0. The molecule has 3 N–H and O–H groups in total. The van der Waals surface area contributed by atoms with E-state index in [1.807, 2.05) is 0 Å². The quantitative estimate of drug-likeness (QED) is 0.0918. The summed E-state index contributed by atoms with van der Waals surface area (Å²) in [6.45, 7) is 5.93. The zero-order chi connectivity index (χ0) is 35.8. The van der Waals surface area contributed by atoms with Gasteiger partial charge in [0, 0.05) is 40.1 Å². The van der Waals surface area contributed by atoms with Gasteiger partial charge in [-0.1, -0.05) is 42.5 Å². The minimum atomic E-state index is -0.679. The lowest BCUT2D eigenvalue weighted by molar-refractivity contribution is -0.129. The van der Waals surface area contributed by atoms with Gasteiger partial charge in [-0.05, 0) is 68.3 Å². The van der Waals surface area contributed by atoms with Gasteiger partial charge in [0.1, 0.15) is 16.5 Å². The van der Waals surface area contributed by atoms with Crippen LogP contribution in [-0.2, 0) is 32.1 Å². The third kappa shape index (κ3) is 8.84. The van der Waals surface area contributed by atoms with E-state index in [0.29, 0.717) is 46.2 Å². The number of benzene rings is 3. The van der Waals surface area contributed by atoms with E-state index < -0.39 is 28.9 Å². The van der Waals surface area contributed by atoms with Crippen LogP contribution in [0.1, 0.15) is 57.5 Å². The number of halogens is 1. The van der Waals surface area contributed by atoms with E-state index >= 15 is 0 Å². The number of rotatable bonds is 11. The number of hydrogen-bond acceptors (Lipinski definition) is 8. The molecular weight excluding hydrogens is 680 g/mol. The van der Waals surface area contributed by atoms with E-state index in [4.69, 9.17) is 4.74 Å². The normalized spacial score (nSPS) is 13.1. The minimum Gasteiger partial charge on any atom is -0.462 e. The summed E-state index contributed by atoms with van der Waals surface area (Å²) in [7, 11) is 0. The number of nitrogens with one attached hydrogen (secondary N) is 3. The highest BCUT2D eigenvalue weighted by molar-refractivity contribution is 8.00. The molecule has 0 bridgehead atoms. The SMILES string of the molecule is CCOC(=O)c1c(NC(=O)C(C)Sc2cccc(NC(=O)/C(=C/c3ccccc3F)NC(=O)c3ccccc3)c2)sc2c1CCN(C(C)=O)C2. The molecule has 0 saturated carbocycles. The van der Waals surface area contributed by atoms with Gasteiger partial charge >= 0.3 is 5.97 Å². The van der Waals surface area contributed by atoms with Crippen LogP contribution in [-0.4, -0.2) is 52.9 Å². The summed E-state index contributed by atoms with van der Waals surface area (Å²) in [6.07, 6.45) is 1.74. The molecule has 0 radical (unpaired) electrons. The topological polar surface area (TPSA) is 134 Å². The van der Waals surface area contributed by atoms with Crippen molar-refractivity contribution in [3.63, 3.8) is 0 Å². The second-order valence-electron chi connectivity index (χ2n) is 11.2. The second-order valence-corrected chi connectivity index (χ2v) is 13.8. The molecule has 1 unspecified atom stereocenters. The van der Waals surface area contributed by atoms with Crippen LogP contribution in [0.2, 0.25) is 0 Å². The first-order chi connectivity index (χ1) is 24.0. The van der Waals surface area contributed by atoms with Crippen molar-refractivity contribution in [1.82, 2.24) is 10.2 Å². The molecule has 4 aromatic rings. The summed E-state index contributed by atoms with van der Waals surface area (Å²) in [5, 5.41) is 8.01. The molecule has 4 amide bonds. The number of thiophene rings is 1. The van der Waals surface area contributed by atoms with Crippen molar-refractivity contribution in [3.05, 3.63) is 118 Å². The van der Waals surface area contributed by atoms with E-state index in [2.05, 4.69) is 16.0 Å². The molecule has 0 fully saturated rings. The summed E-state index contributed by atoms with van der Waals surface area (Å²) in [5.74, 6) is -2.72. The zero-order valence-electron chi connectivity index (χ0n) is 27.6. The largest absolute Gasteiger partial charge is 0.462 e.